The minimum atomic E-state index is -0.844. The summed E-state index contributed by atoms with van der Waals surface area (Å²) in [4.78, 5) is 18.5. The van der Waals surface area contributed by atoms with Gasteiger partial charge in [-0.15, -0.1) is 11.3 Å². The molecule has 0 saturated heterocycles. The normalized spacial score (nSPS) is 11.5. The second-order valence-electron chi connectivity index (χ2n) is 5.69. The predicted molar refractivity (Wildman–Crippen MR) is 83.7 cm³/mol. The minimum absolute atomic E-state index is 0.421. The van der Waals surface area contributed by atoms with Crippen molar-refractivity contribution in [3.8, 4) is 0 Å². The fourth-order valence-corrected chi connectivity index (χ4v) is 2.95. The summed E-state index contributed by atoms with van der Waals surface area (Å²) in [6, 6.07) is 0. The van der Waals surface area contributed by atoms with Crippen LogP contribution < -0.4 is 0 Å². The van der Waals surface area contributed by atoms with Crippen molar-refractivity contribution in [3.05, 3.63) is 15.6 Å². The molecule has 1 N–H and O–H groups in total. The number of carboxylic acid groups (broad SMARTS) is 1. The predicted octanol–water partition coefficient (Wildman–Crippen LogP) is 3.31. The topological polar surface area (TPSA) is 53.4 Å². The van der Waals surface area contributed by atoms with Gasteiger partial charge in [-0.25, -0.2) is 9.78 Å². The summed E-state index contributed by atoms with van der Waals surface area (Å²) in [6.07, 6.45) is 3.98. The van der Waals surface area contributed by atoms with E-state index in [-0.39, 0.29) is 0 Å². The molecular formula is C15H26N2O2S. The Morgan fingerprint density at radius 3 is 2.65 bits per heavy atom. The van der Waals surface area contributed by atoms with Crippen LogP contribution >= 0.6 is 11.3 Å². The van der Waals surface area contributed by atoms with Gasteiger partial charge in [0.05, 0.1) is 10.7 Å². The van der Waals surface area contributed by atoms with Crippen LogP contribution in [0.5, 0.6) is 0 Å². The van der Waals surface area contributed by atoms with Gasteiger partial charge in [0.15, 0.2) is 0 Å². The third kappa shape index (κ3) is 5.59. The van der Waals surface area contributed by atoms with Gasteiger partial charge in [0.2, 0.25) is 0 Å². The first-order valence-corrected chi connectivity index (χ1v) is 8.16. The lowest BCUT2D eigenvalue weighted by Crippen LogP contribution is -2.22. The van der Waals surface area contributed by atoms with E-state index in [1.54, 1.807) is 0 Å². The van der Waals surface area contributed by atoms with Gasteiger partial charge >= 0.3 is 5.97 Å². The highest BCUT2D eigenvalue weighted by Gasteiger charge is 2.18. The number of nitrogens with zero attached hydrogens (tertiary/aromatic N) is 2. The molecule has 1 heterocycles. The number of thiazole rings is 1. The van der Waals surface area contributed by atoms with Crippen molar-refractivity contribution in [2.45, 2.75) is 46.5 Å². The van der Waals surface area contributed by atoms with Gasteiger partial charge in [-0.05, 0) is 32.4 Å². The zero-order chi connectivity index (χ0) is 15.1. The van der Waals surface area contributed by atoms with E-state index in [0.717, 1.165) is 36.6 Å². The number of carboxylic acids is 1. The smallest absolute Gasteiger partial charge is 0.347 e. The van der Waals surface area contributed by atoms with Crippen molar-refractivity contribution in [1.29, 1.82) is 0 Å². The Bertz CT molecular complexity index is 430. The third-order valence-electron chi connectivity index (χ3n) is 3.14. The standard InChI is InChI=1S/C15H26N2O2S/c1-5-6-8-17(4)9-7-13-16-12(10-11(2)3)14(20-13)15(18)19/h11H,5-10H2,1-4H3,(H,18,19). The molecule has 0 saturated carbocycles. The Kier molecular flexibility index (Phi) is 7.16. The molecule has 0 spiro atoms. The van der Waals surface area contributed by atoms with E-state index < -0.39 is 5.97 Å². The summed E-state index contributed by atoms with van der Waals surface area (Å²) in [5.74, 6) is -0.418. The summed E-state index contributed by atoms with van der Waals surface area (Å²) in [5.41, 5.74) is 0.753. The molecule has 0 aromatic carbocycles. The molecular weight excluding hydrogens is 272 g/mol. The van der Waals surface area contributed by atoms with Gasteiger partial charge in [0.1, 0.15) is 4.88 Å². The molecule has 0 amide bonds. The van der Waals surface area contributed by atoms with Crippen molar-refractivity contribution >= 4 is 17.3 Å². The van der Waals surface area contributed by atoms with Crippen LogP contribution in [0.25, 0.3) is 0 Å². The van der Waals surface area contributed by atoms with Crippen LogP contribution in [0.1, 0.15) is 54.0 Å². The first kappa shape index (κ1) is 17.1. The molecule has 20 heavy (non-hydrogen) atoms. The quantitative estimate of drug-likeness (QED) is 0.760. The summed E-state index contributed by atoms with van der Waals surface area (Å²) in [5, 5.41) is 10.2. The lowest BCUT2D eigenvalue weighted by molar-refractivity contribution is 0.0700. The van der Waals surface area contributed by atoms with Gasteiger partial charge in [0.25, 0.3) is 0 Å². The van der Waals surface area contributed by atoms with E-state index >= 15 is 0 Å². The lowest BCUT2D eigenvalue weighted by atomic mass is 10.1. The fourth-order valence-electron chi connectivity index (χ4n) is 2.03. The highest BCUT2D eigenvalue weighted by Crippen LogP contribution is 2.22. The van der Waals surface area contributed by atoms with Crippen LogP contribution in [0.4, 0.5) is 0 Å². The van der Waals surface area contributed by atoms with Crippen molar-refractivity contribution in [1.82, 2.24) is 9.88 Å². The molecule has 0 aliphatic heterocycles. The summed E-state index contributed by atoms with van der Waals surface area (Å²) >= 11 is 1.34. The van der Waals surface area contributed by atoms with E-state index in [4.69, 9.17) is 0 Å². The summed E-state index contributed by atoms with van der Waals surface area (Å²) in [6.45, 7) is 8.39. The Labute approximate surface area is 125 Å². The monoisotopic (exact) mass is 298 g/mol. The molecule has 0 unspecified atom stereocenters. The van der Waals surface area contributed by atoms with Gasteiger partial charge in [-0.3, -0.25) is 0 Å². The molecule has 0 aliphatic carbocycles. The molecule has 1 rings (SSSR count). The van der Waals surface area contributed by atoms with Crippen molar-refractivity contribution in [3.63, 3.8) is 0 Å². The number of rotatable bonds is 9. The van der Waals surface area contributed by atoms with Gasteiger partial charge in [-0.1, -0.05) is 27.2 Å². The number of aromatic carboxylic acids is 1. The zero-order valence-corrected chi connectivity index (χ0v) is 13.8. The van der Waals surface area contributed by atoms with Crippen LogP contribution in [0, 0.1) is 5.92 Å². The van der Waals surface area contributed by atoms with Crippen LogP contribution in [-0.4, -0.2) is 41.1 Å². The van der Waals surface area contributed by atoms with Crippen LogP contribution in [0.2, 0.25) is 0 Å². The Hall–Kier alpha value is -0.940. The average molecular weight is 298 g/mol. The second kappa shape index (κ2) is 8.37. The van der Waals surface area contributed by atoms with Gasteiger partial charge in [-0.2, -0.15) is 0 Å². The Morgan fingerprint density at radius 2 is 2.10 bits per heavy atom. The molecule has 114 valence electrons. The maximum atomic E-state index is 11.3. The maximum Gasteiger partial charge on any atom is 0.347 e. The number of hydrogen-bond donors (Lipinski definition) is 1. The lowest BCUT2D eigenvalue weighted by Gasteiger charge is -2.14. The number of likely N-dealkylation sites (N-methyl/N-ethyl adjacent to an activating group) is 1. The third-order valence-corrected chi connectivity index (χ3v) is 4.28. The van der Waals surface area contributed by atoms with E-state index in [1.807, 2.05) is 0 Å². The molecule has 0 aliphatic rings. The van der Waals surface area contributed by atoms with Crippen molar-refractivity contribution in [2.24, 2.45) is 5.92 Å². The van der Waals surface area contributed by atoms with E-state index in [1.165, 1.54) is 24.2 Å². The first-order chi connectivity index (χ1) is 9.43. The highest BCUT2D eigenvalue weighted by atomic mass is 32.1. The van der Waals surface area contributed by atoms with Crippen LogP contribution in [0.15, 0.2) is 0 Å². The molecule has 1 aromatic heterocycles. The SMILES string of the molecule is CCCCN(C)CCc1nc(CC(C)C)c(C(=O)O)s1. The number of unbranched alkanes of at least 4 members (excludes halogenated alkanes) is 1. The molecule has 1 aromatic rings. The molecule has 0 radical (unpaired) electrons. The van der Waals surface area contributed by atoms with Crippen molar-refractivity contribution in [2.75, 3.05) is 20.1 Å². The van der Waals surface area contributed by atoms with Gasteiger partial charge < -0.3 is 10.0 Å². The largest absolute Gasteiger partial charge is 0.477 e. The molecule has 0 fully saturated rings. The van der Waals surface area contributed by atoms with E-state index in [2.05, 4.69) is 37.7 Å². The Balaban J connectivity index is 2.64. The molecule has 4 nitrogen and oxygen atoms in total. The van der Waals surface area contributed by atoms with Gasteiger partial charge in [0, 0.05) is 13.0 Å². The molecule has 5 heteroatoms. The zero-order valence-electron chi connectivity index (χ0n) is 13.0. The number of carbonyl (C=O) groups is 1. The Morgan fingerprint density at radius 1 is 1.40 bits per heavy atom. The molecule has 0 bridgehead atoms. The maximum absolute atomic E-state index is 11.3. The van der Waals surface area contributed by atoms with Crippen molar-refractivity contribution < 1.29 is 9.90 Å². The second-order valence-corrected chi connectivity index (χ2v) is 6.78. The fraction of sp³-hybridized carbons (Fsp3) is 0.733. The number of hydrogen-bond acceptors (Lipinski definition) is 4. The summed E-state index contributed by atoms with van der Waals surface area (Å²) < 4.78 is 0. The first-order valence-electron chi connectivity index (χ1n) is 7.34. The highest BCUT2D eigenvalue weighted by molar-refractivity contribution is 7.13. The van der Waals surface area contributed by atoms with Crippen LogP contribution in [-0.2, 0) is 12.8 Å². The number of aromatic nitrogens is 1. The minimum Gasteiger partial charge on any atom is -0.477 e. The average Bonchev–Trinajstić information content (AvgIpc) is 2.76. The summed E-state index contributed by atoms with van der Waals surface area (Å²) in [7, 11) is 2.11. The molecule has 0 atom stereocenters. The van der Waals surface area contributed by atoms with E-state index in [0.29, 0.717) is 10.8 Å². The van der Waals surface area contributed by atoms with Crippen LogP contribution in [0.3, 0.4) is 0 Å². The van der Waals surface area contributed by atoms with E-state index in [9.17, 15) is 9.90 Å².